The number of hydrogen-bond acceptors (Lipinski definition) is 6. The van der Waals surface area contributed by atoms with Crippen molar-refractivity contribution in [3.63, 3.8) is 0 Å². The largest absolute Gasteiger partial charge is 0.348 e. The Morgan fingerprint density at radius 2 is 1.88 bits per heavy atom. The van der Waals surface area contributed by atoms with E-state index in [0.29, 0.717) is 18.1 Å². The van der Waals surface area contributed by atoms with Crippen molar-refractivity contribution in [2.75, 3.05) is 19.6 Å². The number of pyridine rings is 1. The summed E-state index contributed by atoms with van der Waals surface area (Å²) in [6, 6.07) is 1.87. The molecule has 1 fully saturated rings. The smallest absolute Gasteiger partial charge is 0.234 e. The summed E-state index contributed by atoms with van der Waals surface area (Å²) in [7, 11) is 0. The van der Waals surface area contributed by atoms with Crippen molar-refractivity contribution >= 4 is 17.1 Å². The molecule has 0 spiro atoms. The van der Waals surface area contributed by atoms with Gasteiger partial charge >= 0.3 is 0 Å². The molecule has 7 nitrogen and oxygen atoms in total. The first-order chi connectivity index (χ1) is 12.4. The zero-order chi connectivity index (χ0) is 18.6. The molecular weight excluding hydrogens is 328 g/mol. The van der Waals surface area contributed by atoms with Crippen LogP contribution < -0.4 is 16.0 Å². The summed E-state index contributed by atoms with van der Waals surface area (Å²) in [4.78, 5) is 25.7. The number of carbonyl (C=O) groups is 1. The van der Waals surface area contributed by atoms with Gasteiger partial charge in [0, 0.05) is 29.7 Å². The van der Waals surface area contributed by atoms with Crippen LogP contribution in [-0.4, -0.2) is 46.0 Å². The number of fused-ring (bicyclic) bond motifs is 1. The molecular formula is C19H28N6O. The normalized spacial score (nSPS) is 17.2. The number of carbonyl (C=O) groups excluding carboxylic acids is 1. The molecule has 3 rings (SSSR count). The van der Waals surface area contributed by atoms with Crippen LogP contribution in [0.15, 0.2) is 24.7 Å². The molecule has 2 aromatic rings. The second-order valence-electron chi connectivity index (χ2n) is 7.86. The van der Waals surface area contributed by atoms with Crippen LogP contribution in [0.3, 0.4) is 0 Å². The Morgan fingerprint density at radius 3 is 2.62 bits per heavy atom. The number of rotatable bonds is 5. The molecule has 1 aliphatic rings. The number of piperidine rings is 1. The molecule has 1 amide bonds. The van der Waals surface area contributed by atoms with E-state index < -0.39 is 0 Å². The third-order valence-corrected chi connectivity index (χ3v) is 4.69. The molecule has 3 heterocycles. The number of nitrogens with one attached hydrogen (secondary N) is 3. The molecule has 1 aliphatic heterocycles. The van der Waals surface area contributed by atoms with Crippen LogP contribution in [0.1, 0.15) is 45.2 Å². The van der Waals surface area contributed by atoms with Crippen molar-refractivity contribution in [3.05, 3.63) is 30.2 Å². The molecule has 0 saturated carbocycles. The minimum absolute atomic E-state index is 0.00249. The van der Waals surface area contributed by atoms with E-state index in [1.165, 1.54) is 0 Å². The van der Waals surface area contributed by atoms with Gasteiger partial charge in [0.25, 0.3) is 0 Å². The van der Waals surface area contributed by atoms with Crippen molar-refractivity contribution in [1.29, 1.82) is 0 Å². The van der Waals surface area contributed by atoms with Gasteiger partial charge < -0.3 is 16.0 Å². The lowest BCUT2D eigenvalue weighted by Crippen LogP contribution is -2.46. The third-order valence-electron chi connectivity index (χ3n) is 4.69. The topological polar surface area (TPSA) is 91.8 Å². The van der Waals surface area contributed by atoms with Crippen LogP contribution in [0.2, 0.25) is 0 Å². The van der Waals surface area contributed by atoms with Crippen LogP contribution in [0.25, 0.3) is 11.2 Å². The van der Waals surface area contributed by atoms with Crippen LogP contribution in [0.5, 0.6) is 0 Å². The van der Waals surface area contributed by atoms with Crippen LogP contribution in [0, 0.1) is 5.92 Å². The molecule has 0 bridgehead atoms. The fraction of sp³-hybridized carbons (Fsp3) is 0.579. The highest BCUT2D eigenvalue weighted by Gasteiger charge is 2.28. The van der Waals surface area contributed by atoms with Gasteiger partial charge in [0.15, 0.2) is 5.65 Å². The number of aromatic nitrogens is 3. The molecule has 140 valence electrons. The van der Waals surface area contributed by atoms with Gasteiger partial charge in [-0.25, -0.2) is 9.97 Å². The highest BCUT2D eigenvalue weighted by Crippen LogP contribution is 2.31. The summed E-state index contributed by atoms with van der Waals surface area (Å²) in [6.45, 7) is 8.38. The Morgan fingerprint density at radius 1 is 1.19 bits per heavy atom. The zero-order valence-electron chi connectivity index (χ0n) is 15.7. The lowest BCUT2D eigenvalue weighted by atomic mass is 9.85. The predicted molar refractivity (Wildman–Crippen MR) is 102 cm³/mol. The van der Waals surface area contributed by atoms with Gasteiger partial charge in [0.05, 0.1) is 12.6 Å². The van der Waals surface area contributed by atoms with Gasteiger partial charge in [-0.15, -0.1) is 0 Å². The van der Waals surface area contributed by atoms with Crippen LogP contribution in [-0.2, 0) is 4.79 Å². The lowest BCUT2D eigenvalue weighted by Gasteiger charge is -2.32. The maximum atomic E-state index is 12.6. The SMILES string of the molecule is CC(C)(C)NCC(=O)NC(c1ccnc2nccnc12)C1CCNCC1. The Balaban J connectivity index is 1.86. The van der Waals surface area contributed by atoms with E-state index in [1.54, 1.807) is 18.6 Å². The minimum atomic E-state index is -0.101. The van der Waals surface area contributed by atoms with E-state index in [4.69, 9.17) is 0 Å². The van der Waals surface area contributed by atoms with E-state index in [0.717, 1.165) is 37.0 Å². The van der Waals surface area contributed by atoms with Gasteiger partial charge in [-0.1, -0.05) is 0 Å². The first-order valence-corrected chi connectivity index (χ1v) is 9.25. The van der Waals surface area contributed by atoms with Gasteiger partial charge in [-0.05, 0) is 58.7 Å². The van der Waals surface area contributed by atoms with Gasteiger partial charge in [0.1, 0.15) is 5.52 Å². The van der Waals surface area contributed by atoms with E-state index in [2.05, 4.69) is 51.7 Å². The summed E-state index contributed by atoms with van der Waals surface area (Å²) in [5.74, 6) is 0.361. The fourth-order valence-electron chi connectivity index (χ4n) is 3.34. The predicted octanol–water partition coefficient (Wildman–Crippen LogP) is 1.57. The Labute approximate surface area is 154 Å². The zero-order valence-corrected chi connectivity index (χ0v) is 15.7. The minimum Gasteiger partial charge on any atom is -0.348 e. The highest BCUT2D eigenvalue weighted by atomic mass is 16.2. The fourth-order valence-corrected chi connectivity index (χ4v) is 3.34. The molecule has 1 atom stereocenters. The molecule has 26 heavy (non-hydrogen) atoms. The Hall–Kier alpha value is -2.12. The maximum absolute atomic E-state index is 12.6. The van der Waals surface area contributed by atoms with Crippen molar-refractivity contribution in [1.82, 2.24) is 30.9 Å². The summed E-state index contributed by atoms with van der Waals surface area (Å²) in [6.07, 6.45) is 7.10. The molecule has 7 heteroatoms. The van der Waals surface area contributed by atoms with E-state index in [-0.39, 0.29) is 17.5 Å². The molecule has 1 unspecified atom stereocenters. The summed E-state index contributed by atoms with van der Waals surface area (Å²) < 4.78 is 0. The van der Waals surface area contributed by atoms with Gasteiger partial charge in [-0.2, -0.15) is 0 Å². The number of hydrogen-bond donors (Lipinski definition) is 3. The molecule has 0 radical (unpaired) electrons. The number of nitrogens with zero attached hydrogens (tertiary/aromatic N) is 3. The number of amides is 1. The van der Waals surface area contributed by atoms with E-state index in [9.17, 15) is 4.79 Å². The molecule has 0 aromatic carbocycles. The second kappa shape index (κ2) is 8.05. The van der Waals surface area contributed by atoms with Gasteiger partial charge in [0.2, 0.25) is 5.91 Å². The summed E-state index contributed by atoms with van der Waals surface area (Å²) in [5.41, 5.74) is 2.28. The maximum Gasteiger partial charge on any atom is 0.234 e. The van der Waals surface area contributed by atoms with Crippen LogP contribution in [0.4, 0.5) is 0 Å². The summed E-state index contributed by atoms with van der Waals surface area (Å²) in [5, 5.41) is 9.89. The van der Waals surface area contributed by atoms with E-state index in [1.807, 2.05) is 6.07 Å². The molecule has 3 N–H and O–H groups in total. The molecule has 0 aliphatic carbocycles. The van der Waals surface area contributed by atoms with Crippen molar-refractivity contribution in [2.45, 2.75) is 45.2 Å². The Bertz CT molecular complexity index is 746. The third kappa shape index (κ3) is 4.74. The standard InChI is InChI=1S/C19H28N6O/c1-19(2,3)24-12-15(26)25-16(13-4-7-20-8-5-13)14-6-9-22-18-17(14)21-10-11-23-18/h6,9-11,13,16,20,24H,4-5,7-8,12H2,1-3H3,(H,25,26). The average molecular weight is 356 g/mol. The second-order valence-corrected chi connectivity index (χ2v) is 7.86. The summed E-state index contributed by atoms with van der Waals surface area (Å²) >= 11 is 0. The van der Waals surface area contributed by atoms with Crippen molar-refractivity contribution in [3.8, 4) is 0 Å². The lowest BCUT2D eigenvalue weighted by molar-refractivity contribution is -0.121. The van der Waals surface area contributed by atoms with E-state index >= 15 is 0 Å². The average Bonchev–Trinajstić information content (AvgIpc) is 2.64. The first-order valence-electron chi connectivity index (χ1n) is 9.25. The van der Waals surface area contributed by atoms with Crippen LogP contribution >= 0.6 is 0 Å². The van der Waals surface area contributed by atoms with Crippen molar-refractivity contribution < 1.29 is 4.79 Å². The molecule has 1 saturated heterocycles. The highest BCUT2D eigenvalue weighted by molar-refractivity contribution is 5.80. The van der Waals surface area contributed by atoms with Gasteiger partial charge in [-0.3, -0.25) is 9.78 Å². The quantitative estimate of drug-likeness (QED) is 0.753. The Kier molecular flexibility index (Phi) is 5.78. The monoisotopic (exact) mass is 356 g/mol. The first kappa shape index (κ1) is 18.7. The van der Waals surface area contributed by atoms with Crippen molar-refractivity contribution in [2.24, 2.45) is 5.92 Å². The molecule has 2 aromatic heterocycles.